The van der Waals surface area contributed by atoms with Crippen molar-refractivity contribution in [2.45, 2.75) is 0 Å². The van der Waals surface area contributed by atoms with E-state index in [4.69, 9.17) is 0 Å². The Morgan fingerprint density at radius 3 is 1.53 bits per heavy atom. The van der Waals surface area contributed by atoms with Crippen molar-refractivity contribution in [3.05, 3.63) is 140 Å². The van der Waals surface area contributed by atoms with Gasteiger partial charge in [-0.15, -0.1) is 0 Å². The van der Waals surface area contributed by atoms with Gasteiger partial charge in [0.15, 0.2) is 5.82 Å². The SMILES string of the molecule is c1ccc(-c2c3ccccc3c(-c3ccccc3)c3cc(-c4ccc(-c5ncccn5)nc4)ccc23)cc1. The number of rotatable bonds is 4. The van der Waals surface area contributed by atoms with Crippen LogP contribution in [0.15, 0.2) is 140 Å². The maximum absolute atomic E-state index is 4.68. The summed E-state index contributed by atoms with van der Waals surface area (Å²) in [4.78, 5) is 13.3. The van der Waals surface area contributed by atoms with Gasteiger partial charge in [-0.05, 0) is 67.6 Å². The summed E-state index contributed by atoms with van der Waals surface area (Å²) in [5, 5.41) is 4.96. The van der Waals surface area contributed by atoms with E-state index in [2.05, 4.69) is 124 Å². The number of hydrogen-bond acceptors (Lipinski definition) is 3. The van der Waals surface area contributed by atoms with E-state index < -0.39 is 0 Å². The predicted molar refractivity (Wildman–Crippen MR) is 157 cm³/mol. The number of nitrogens with zero attached hydrogens (tertiary/aromatic N) is 3. The van der Waals surface area contributed by atoms with Crippen LogP contribution >= 0.6 is 0 Å². The third-order valence-corrected chi connectivity index (χ3v) is 7.04. The average Bonchev–Trinajstić information content (AvgIpc) is 3.01. The van der Waals surface area contributed by atoms with Crippen LogP contribution in [0.4, 0.5) is 0 Å². The van der Waals surface area contributed by atoms with E-state index in [0.717, 1.165) is 16.8 Å². The minimum Gasteiger partial charge on any atom is -0.252 e. The molecule has 178 valence electrons. The lowest BCUT2D eigenvalue weighted by atomic mass is 9.85. The van der Waals surface area contributed by atoms with Gasteiger partial charge in [0, 0.05) is 24.2 Å². The molecule has 0 atom stereocenters. The summed E-state index contributed by atoms with van der Waals surface area (Å²) in [6.45, 7) is 0. The van der Waals surface area contributed by atoms with Crippen LogP contribution < -0.4 is 0 Å². The number of aromatic nitrogens is 3. The van der Waals surface area contributed by atoms with Crippen molar-refractivity contribution in [2.24, 2.45) is 0 Å². The Kier molecular flexibility index (Phi) is 5.45. The summed E-state index contributed by atoms with van der Waals surface area (Å²) in [6, 6.07) is 42.8. The molecule has 0 saturated carbocycles. The molecule has 0 fully saturated rings. The Morgan fingerprint density at radius 1 is 0.368 bits per heavy atom. The first-order valence-corrected chi connectivity index (χ1v) is 12.7. The van der Waals surface area contributed by atoms with Gasteiger partial charge >= 0.3 is 0 Å². The molecule has 0 amide bonds. The maximum Gasteiger partial charge on any atom is 0.178 e. The molecular weight excluding hydrogens is 462 g/mol. The lowest BCUT2D eigenvalue weighted by Crippen LogP contribution is -1.92. The van der Waals surface area contributed by atoms with E-state index in [1.807, 2.05) is 18.3 Å². The molecule has 0 unspecified atom stereocenters. The molecule has 5 aromatic carbocycles. The summed E-state index contributed by atoms with van der Waals surface area (Å²) in [5.74, 6) is 0.628. The average molecular weight is 486 g/mol. The van der Waals surface area contributed by atoms with Gasteiger partial charge in [0.2, 0.25) is 0 Å². The van der Waals surface area contributed by atoms with Crippen LogP contribution in [-0.4, -0.2) is 15.0 Å². The van der Waals surface area contributed by atoms with Crippen molar-refractivity contribution < 1.29 is 0 Å². The molecule has 3 heteroatoms. The van der Waals surface area contributed by atoms with Crippen molar-refractivity contribution in [3.8, 4) is 44.9 Å². The number of benzene rings is 5. The van der Waals surface area contributed by atoms with E-state index in [1.54, 1.807) is 12.4 Å². The first-order valence-electron chi connectivity index (χ1n) is 12.7. The quantitative estimate of drug-likeness (QED) is 0.234. The van der Waals surface area contributed by atoms with Gasteiger partial charge in [0.05, 0.1) is 0 Å². The Morgan fingerprint density at radius 2 is 0.921 bits per heavy atom. The predicted octanol–water partition coefficient (Wildman–Crippen LogP) is 8.85. The van der Waals surface area contributed by atoms with Crippen molar-refractivity contribution in [3.63, 3.8) is 0 Å². The van der Waals surface area contributed by atoms with Crippen LogP contribution in [0.3, 0.4) is 0 Å². The molecule has 7 rings (SSSR count). The normalized spacial score (nSPS) is 11.2. The highest BCUT2D eigenvalue weighted by Crippen LogP contribution is 2.44. The van der Waals surface area contributed by atoms with Crippen LogP contribution in [0.25, 0.3) is 66.4 Å². The Hall–Kier alpha value is -5.15. The molecule has 0 radical (unpaired) electrons. The van der Waals surface area contributed by atoms with Gasteiger partial charge in [-0.25, -0.2) is 9.97 Å². The summed E-state index contributed by atoms with van der Waals surface area (Å²) >= 11 is 0. The summed E-state index contributed by atoms with van der Waals surface area (Å²) in [7, 11) is 0. The van der Waals surface area contributed by atoms with E-state index in [-0.39, 0.29) is 0 Å². The molecule has 0 N–H and O–H groups in total. The second kappa shape index (κ2) is 9.38. The Balaban J connectivity index is 1.50. The molecule has 3 nitrogen and oxygen atoms in total. The van der Waals surface area contributed by atoms with Gasteiger partial charge < -0.3 is 0 Å². The summed E-state index contributed by atoms with van der Waals surface area (Å²) in [5.41, 5.74) is 7.88. The van der Waals surface area contributed by atoms with Gasteiger partial charge in [-0.1, -0.05) is 103 Å². The fourth-order valence-electron chi connectivity index (χ4n) is 5.32. The second-order valence-corrected chi connectivity index (χ2v) is 9.29. The molecule has 0 bridgehead atoms. The van der Waals surface area contributed by atoms with E-state index in [1.165, 1.54) is 43.8 Å². The van der Waals surface area contributed by atoms with Gasteiger partial charge in [0.1, 0.15) is 5.69 Å². The zero-order valence-electron chi connectivity index (χ0n) is 20.6. The summed E-state index contributed by atoms with van der Waals surface area (Å²) in [6.07, 6.45) is 5.39. The molecular formula is C35H23N3. The third kappa shape index (κ3) is 3.82. The molecule has 0 saturated heterocycles. The fraction of sp³-hybridized carbons (Fsp3) is 0. The highest BCUT2D eigenvalue weighted by Gasteiger charge is 2.17. The van der Waals surface area contributed by atoms with Crippen molar-refractivity contribution in [2.75, 3.05) is 0 Å². The number of hydrogen-bond donors (Lipinski definition) is 0. The maximum atomic E-state index is 4.68. The van der Waals surface area contributed by atoms with Crippen molar-refractivity contribution in [1.29, 1.82) is 0 Å². The molecule has 0 spiro atoms. The van der Waals surface area contributed by atoms with Gasteiger partial charge in [-0.3, -0.25) is 4.98 Å². The smallest absolute Gasteiger partial charge is 0.178 e. The Labute approximate surface area is 221 Å². The molecule has 38 heavy (non-hydrogen) atoms. The molecule has 0 aliphatic rings. The van der Waals surface area contributed by atoms with Crippen LogP contribution in [0.2, 0.25) is 0 Å². The topological polar surface area (TPSA) is 38.7 Å². The van der Waals surface area contributed by atoms with Gasteiger partial charge in [0.25, 0.3) is 0 Å². The summed E-state index contributed by atoms with van der Waals surface area (Å²) < 4.78 is 0. The highest BCUT2D eigenvalue weighted by molar-refractivity contribution is 6.21. The highest BCUT2D eigenvalue weighted by atomic mass is 14.9. The van der Waals surface area contributed by atoms with Crippen LogP contribution in [0.1, 0.15) is 0 Å². The standard InChI is InChI=1S/C35H23N3/c1-3-10-24(11-4-1)33-28-14-7-8-15-29(28)34(25-12-5-2-6-13-25)31-22-26(16-18-30(31)33)27-17-19-32(38-23-27)35-36-20-9-21-37-35/h1-23H. The van der Waals surface area contributed by atoms with Crippen LogP contribution in [-0.2, 0) is 0 Å². The lowest BCUT2D eigenvalue weighted by molar-refractivity contribution is 1.14. The van der Waals surface area contributed by atoms with E-state index in [9.17, 15) is 0 Å². The molecule has 2 aromatic heterocycles. The molecule has 0 aliphatic heterocycles. The largest absolute Gasteiger partial charge is 0.252 e. The van der Waals surface area contributed by atoms with E-state index in [0.29, 0.717) is 5.82 Å². The minimum atomic E-state index is 0.628. The van der Waals surface area contributed by atoms with Crippen LogP contribution in [0.5, 0.6) is 0 Å². The lowest BCUT2D eigenvalue weighted by Gasteiger charge is -2.18. The molecule has 7 aromatic rings. The molecule has 2 heterocycles. The first kappa shape index (κ1) is 22.1. The fourth-order valence-corrected chi connectivity index (χ4v) is 5.32. The zero-order chi connectivity index (χ0) is 25.3. The monoisotopic (exact) mass is 485 g/mol. The number of pyridine rings is 1. The Bertz CT molecular complexity index is 1880. The van der Waals surface area contributed by atoms with E-state index >= 15 is 0 Å². The first-order chi connectivity index (χ1) is 18.9. The van der Waals surface area contributed by atoms with Crippen LogP contribution in [0, 0.1) is 0 Å². The van der Waals surface area contributed by atoms with Gasteiger partial charge in [-0.2, -0.15) is 0 Å². The zero-order valence-corrected chi connectivity index (χ0v) is 20.6. The van der Waals surface area contributed by atoms with Crippen molar-refractivity contribution >= 4 is 21.5 Å². The third-order valence-electron chi connectivity index (χ3n) is 7.04. The minimum absolute atomic E-state index is 0.628. The molecule has 0 aliphatic carbocycles. The second-order valence-electron chi connectivity index (χ2n) is 9.29. The number of fused-ring (bicyclic) bond motifs is 2. The van der Waals surface area contributed by atoms with Crippen molar-refractivity contribution in [1.82, 2.24) is 15.0 Å².